The zero-order valence-corrected chi connectivity index (χ0v) is 9.73. The number of hydrogen-bond donors (Lipinski definition) is 2. The molecule has 0 unspecified atom stereocenters. The average Bonchev–Trinajstić information content (AvgIpc) is 2.63. The highest BCUT2D eigenvalue weighted by Gasteiger charge is 2.16. The van der Waals surface area contributed by atoms with E-state index in [1.54, 1.807) is 6.92 Å². The second-order valence-corrected chi connectivity index (χ2v) is 5.11. The molecule has 0 atom stereocenters. The van der Waals surface area contributed by atoms with Crippen molar-refractivity contribution >= 4 is 15.8 Å². The molecule has 0 spiro atoms. The van der Waals surface area contributed by atoms with E-state index in [2.05, 4.69) is 9.88 Å². The predicted molar refractivity (Wildman–Crippen MR) is 60.2 cm³/mol. The van der Waals surface area contributed by atoms with E-state index in [4.69, 9.17) is 4.52 Å². The number of phenols is 1. The molecule has 0 saturated heterocycles. The smallest absolute Gasteiger partial charge is 0.263 e. The molecule has 0 aliphatic rings. The number of sulfonamides is 1. The lowest BCUT2D eigenvalue weighted by Gasteiger charge is -2.04. The largest absolute Gasteiger partial charge is 0.508 e. The molecular formula is C10H10N2O4S. The number of aromatic nitrogens is 1. The summed E-state index contributed by atoms with van der Waals surface area (Å²) in [6.07, 6.45) is 0. The van der Waals surface area contributed by atoms with Crippen molar-refractivity contribution in [1.82, 2.24) is 5.16 Å². The molecule has 17 heavy (non-hydrogen) atoms. The fourth-order valence-corrected chi connectivity index (χ4v) is 2.28. The third kappa shape index (κ3) is 2.56. The number of benzene rings is 1. The van der Waals surface area contributed by atoms with Crippen LogP contribution in [0.5, 0.6) is 5.75 Å². The van der Waals surface area contributed by atoms with Gasteiger partial charge in [-0.1, -0.05) is 11.2 Å². The first kappa shape index (κ1) is 11.5. The van der Waals surface area contributed by atoms with Crippen LogP contribution in [-0.4, -0.2) is 18.7 Å². The van der Waals surface area contributed by atoms with Gasteiger partial charge in [-0.25, -0.2) is 8.42 Å². The molecule has 2 N–H and O–H groups in total. The zero-order valence-electron chi connectivity index (χ0n) is 8.91. The van der Waals surface area contributed by atoms with Crippen LogP contribution >= 0.6 is 0 Å². The van der Waals surface area contributed by atoms with Crippen molar-refractivity contribution < 1.29 is 18.0 Å². The molecule has 0 radical (unpaired) electrons. The lowest BCUT2D eigenvalue weighted by atomic mass is 10.3. The topological polar surface area (TPSA) is 92.4 Å². The van der Waals surface area contributed by atoms with Crippen LogP contribution in [0.4, 0.5) is 5.82 Å². The molecule has 2 aromatic rings. The SMILES string of the molecule is Cc1cc(NS(=O)(=O)c2cccc(O)c2)no1. The van der Waals surface area contributed by atoms with Gasteiger partial charge in [-0.3, -0.25) is 4.72 Å². The highest BCUT2D eigenvalue weighted by atomic mass is 32.2. The van der Waals surface area contributed by atoms with E-state index >= 15 is 0 Å². The fraction of sp³-hybridized carbons (Fsp3) is 0.100. The number of phenolic OH excluding ortho intramolecular Hbond substituents is 1. The molecule has 0 bridgehead atoms. The summed E-state index contributed by atoms with van der Waals surface area (Å²) in [6.45, 7) is 1.65. The molecule has 1 aromatic carbocycles. The Morgan fingerprint density at radius 3 is 2.71 bits per heavy atom. The maximum absolute atomic E-state index is 11.9. The van der Waals surface area contributed by atoms with Crippen molar-refractivity contribution in [1.29, 1.82) is 0 Å². The van der Waals surface area contributed by atoms with E-state index in [1.165, 1.54) is 24.3 Å². The Kier molecular flexibility index (Phi) is 2.76. The molecule has 0 fully saturated rings. The minimum Gasteiger partial charge on any atom is -0.508 e. The minimum absolute atomic E-state index is 0.0434. The van der Waals surface area contributed by atoms with Crippen LogP contribution in [0, 0.1) is 6.92 Å². The summed E-state index contributed by atoms with van der Waals surface area (Å²) in [5.74, 6) is 0.480. The first-order valence-electron chi connectivity index (χ1n) is 4.72. The number of nitrogens with zero attached hydrogens (tertiary/aromatic N) is 1. The first-order valence-corrected chi connectivity index (χ1v) is 6.21. The van der Waals surface area contributed by atoms with E-state index in [0.717, 1.165) is 6.07 Å². The Balaban J connectivity index is 2.31. The van der Waals surface area contributed by atoms with Crippen molar-refractivity contribution in [2.45, 2.75) is 11.8 Å². The number of aryl methyl sites for hydroxylation is 1. The van der Waals surface area contributed by atoms with E-state index in [9.17, 15) is 13.5 Å². The molecule has 0 amide bonds. The highest BCUT2D eigenvalue weighted by Crippen LogP contribution is 2.19. The van der Waals surface area contributed by atoms with Gasteiger partial charge in [-0.15, -0.1) is 0 Å². The summed E-state index contributed by atoms with van der Waals surface area (Å²) < 4.78 is 30.7. The number of anilines is 1. The normalized spacial score (nSPS) is 11.4. The Hall–Kier alpha value is -2.02. The van der Waals surface area contributed by atoms with Gasteiger partial charge in [0.15, 0.2) is 5.82 Å². The predicted octanol–water partition coefficient (Wildman–Crippen LogP) is 1.49. The summed E-state index contributed by atoms with van der Waals surface area (Å²) in [5, 5.41) is 12.7. The summed E-state index contributed by atoms with van der Waals surface area (Å²) >= 11 is 0. The number of rotatable bonds is 3. The van der Waals surface area contributed by atoms with Crippen LogP contribution in [0.25, 0.3) is 0 Å². The van der Waals surface area contributed by atoms with E-state index in [-0.39, 0.29) is 16.5 Å². The third-order valence-corrected chi connectivity index (χ3v) is 3.35. The monoisotopic (exact) mass is 254 g/mol. The third-order valence-electron chi connectivity index (χ3n) is 1.99. The summed E-state index contributed by atoms with van der Waals surface area (Å²) in [4.78, 5) is -0.0434. The van der Waals surface area contributed by atoms with Crippen LogP contribution in [0.15, 0.2) is 39.8 Å². The van der Waals surface area contributed by atoms with Crippen LogP contribution in [0.1, 0.15) is 5.76 Å². The molecule has 1 aromatic heterocycles. The Labute approximate surface area is 97.9 Å². The van der Waals surface area contributed by atoms with Gasteiger partial charge < -0.3 is 9.63 Å². The Bertz CT molecular complexity index is 633. The van der Waals surface area contributed by atoms with Crippen molar-refractivity contribution in [2.24, 2.45) is 0 Å². The van der Waals surface area contributed by atoms with Gasteiger partial charge in [0.25, 0.3) is 10.0 Å². The van der Waals surface area contributed by atoms with Crippen molar-refractivity contribution in [3.63, 3.8) is 0 Å². The molecule has 0 aliphatic carbocycles. The van der Waals surface area contributed by atoms with Gasteiger partial charge >= 0.3 is 0 Å². The van der Waals surface area contributed by atoms with Gasteiger partial charge in [-0.2, -0.15) is 0 Å². The van der Waals surface area contributed by atoms with Gasteiger partial charge in [0, 0.05) is 12.1 Å². The van der Waals surface area contributed by atoms with Crippen LogP contribution < -0.4 is 4.72 Å². The molecule has 90 valence electrons. The number of hydrogen-bond acceptors (Lipinski definition) is 5. The van der Waals surface area contributed by atoms with Gasteiger partial charge in [0.2, 0.25) is 0 Å². The summed E-state index contributed by atoms with van der Waals surface area (Å²) in [5.41, 5.74) is 0. The van der Waals surface area contributed by atoms with Crippen molar-refractivity contribution in [3.05, 3.63) is 36.1 Å². The lowest BCUT2D eigenvalue weighted by Crippen LogP contribution is -2.12. The van der Waals surface area contributed by atoms with Crippen molar-refractivity contribution in [3.8, 4) is 5.75 Å². The standard InChI is InChI=1S/C10H10N2O4S/c1-7-5-10(11-16-7)12-17(14,15)9-4-2-3-8(13)6-9/h2-6,13H,1H3,(H,11,12). The highest BCUT2D eigenvalue weighted by molar-refractivity contribution is 7.92. The molecular weight excluding hydrogens is 244 g/mol. The molecule has 2 rings (SSSR count). The molecule has 0 saturated carbocycles. The lowest BCUT2D eigenvalue weighted by molar-refractivity contribution is 0.400. The summed E-state index contributed by atoms with van der Waals surface area (Å²) in [6, 6.07) is 6.81. The average molecular weight is 254 g/mol. The van der Waals surface area contributed by atoms with Crippen LogP contribution in [-0.2, 0) is 10.0 Å². The molecule has 6 nitrogen and oxygen atoms in total. The van der Waals surface area contributed by atoms with E-state index in [1.807, 2.05) is 0 Å². The first-order chi connectivity index (χ1) is 7.97. The quantitative estimate of drug-likeness (QED) is 0.865. The maximum Gasteiger partial charge on any atom is 0.263 e. The van der Waals surface area contributed by atoms with Gasteiger partial charge in [-0.05, 0) is 19.1 Å². The zero-order chi connectivity index (χ0) is 12.5. The molecule has 1 heterocycles. The number of nitrogens with one attached hydrogen (secondary N) is 1. The molecule has 0 aliphatic heterocycles. The number of aromatic hydroxyl groups is 1. The molecule has 7 heteroatoms. The maximum atomic E-state index is 11.9. The van der Waals surface area contributed by atoms with Gasteiger partial charge in [0.1, 0.15) is 11.5 Å². The van der Waals surface area contributed by atoms with E-state index < -0.39 is 10.0 Å². The second kappa shape index (κ2) is 4.10. The van der Waals surface area contributed by atoms with Gasteiger partial charge in [0.05, 0.1) is 4.90 Å². The van der Waals surface area contributed by atoms with Crippen LogP contribution in [0.3, 0.4) is 0 Å². The second-order valence-electron chi connectivity index (χ2n) is 3.43. The minimum atomic E-state index is -3.75. The Morgan fingerprint density at radius 2 is 2.12 bits per heavy atom. The van der Waals surface area contributed by atoms with Crippen LogP contribution in [0.2, 0.25) is 0 Å². The summed E-state index contributed by atoms with van der Waals surface area (Å²) in [7, 11) is -3.75. The fourth-order valence-electron chi connectivity index (χ4n) is 1.26. The van der Waals surface area contributed by atoms with E-state index in [0.29, 0.717) is 5.76 Å². The Morgan fingerprint density at radius 1 is 1.35 bits per heavy atom. The van der Waals surface area contributed by atoms with Crippen molar-refractivity contribution in [2.75, 3.05) is 4.72 Å².